The Morgan fingerprint density at radius 2 is 0.909 bits per heavy atom. The summed E-state index contributed by atoms with van der Waals surface area (Å²) in [6.07, 6.45) is 20.2. The van der Waals surface area contributed by atoms with E-state index in [-0.39, 0.29) is 17.0 Å². The van der Waals surface area contributed by atoms with E-state index in [0.29, 0.717) is 5.54 Å². The first-order chi connectivity index (χ1) is 10.0. The summed E-state index contributed by atoms with van der Waals surface area (Å²) < 4.78 is 0. The molecule has 0 aliphatic heterocycles. The summed E-state index contributed by atoms with van der Waals surface area (Å²) in [4.78, 5) is 1.58. The van der Waals surface area contributed by atoms with Gasteiger partial charge < -0.3 is 21.9 Å². The molecular weight excluding hydrogens is 334 g/mol. The molecule has 0 aliphatic rings. The van der Waals surface area contributed by atoms with Gasteiger partial charge in [0.1, 0.15) is 0 Å². The molecule has 0 saturated carbocycles. The molecule has 0 amide bonds. The van der Waals surface area contributed by atoms with Gasteiger partial charge in [-0.05, 0) is 20.3 Å². The molecule has 0 aliphatic carbocycles. The molecule has 0 rings (SSSR count). The molecule has 136 valence electrons. The Hall–Kier alpha value is 0.440. The fourth-order valence-electron chi connectivity index (χ4n) is 2.83. The van der Waals surface area contributed by atoms with Gasteiger partial charge >= 0.3 is 0 Å². The van der Waals surface area contributed by atoms with Gasteiger partial charge in [-0.3, -0.25) is 0 Å². The molecule has 22 heavy (non-hydrogen) atoms. The van der Waals surface area contributed by atoms with E-state index in [9.17, 15) is 0 Å². The highest BCUT2D eigenvalue weighted by atomic mass is 79.9. The number of rotatable bonds is 15. The molecule has 0 unspecified atom stereocenters. The largest absolute Gasteiger partial charge is 1.00 e. The maximum Gasteiger partial charge on any atom is 0.0915 e. The van der Waals surface area contributed by atoms with Gasteiger partial charge in [0.15, 0.2) is 0 Å². The first-order valence-corrected chi connectivity index (χ1v) is 9.81. The highest BCUT2D eigenvalue weighted by Gasteiger charge is 2.23. The predicted octanol–water partition coefficient (Wildman–Crippen LogP) is 2.39. The third-order valence-electron chi connectivity index (χ3n) is 5.26. The van der Waals surface area contributed by atoms with Crippen molar-refractivity contribution in [2.24, 2.45) is 0 Å². The smallest absolute Gasteiger partial charge is 0.0915 e. The molecular formula is C20H44BrN. The van der Waals surface area contributed by atoms with Crippen LogP contribution in [0, 0.1) is 0 Å². The summed E-state index contributed by atoms with van der Waals surface area (Å²) in [5.74, 6) is 0. The van der Waals surface area contributed by atoms with Crippen LogP contribution in [0.4, 0.5) is 0 Å². The van der Waals surface area contributed by atoms with E-state index in [4.69, 9.17) is 0 Å². The van der Waals surface area contributed by atoms with Crippen LogP contribution in [-0.2, 0) is 0 Å². The highest BCUT2D eigenvalue weighted by Crippen LogP contribution is 2.15. The topological polar surface area (TPSA) is 4.44 Å². The van der Waals surface area contributed by atoms with Gasteiger partial charge in [-0.25, -0.2) is 0 Å². The fourth-order valence-corrected chi connectivity index (χ4v) is 2.83. The van der Waals surface area contributed by atoms with Crippen molar-refractivity contribution in [3.05, 3.63) is 0 Å². The Bertz CT molecular complexity index is 214. The Morgan fingerprint density at radius 1 is 0.591 bits per heavy atom. The first-order valence-electron chi connectivity index (χ1n) is 9.81. The third-order valence-corrected chi connectivity index (χ3v) is 5.26. The predicted molar refractivity (Wildman–Crippen MR) is 97.2 cm³/mol. The van der Waals surface area contributed by atoms with Gasteiger partial charge in [0.05, 0.1) is 19.6 Å². The van der Waals surface area contributed by atoms with Crippen LogP contribution in [0.2, 0.25) is 0 Å². The van der Waals surface area contributed by atoms with E-state index in [2.05, 4.69) is 34.9 Å². The Balaban J connectivity index is 0. The van der Waals surface area contributed by atoms with Crippen molar-refractivity contribution >= 4 is 0 Å². The molecule has 0 radical (unpaired) electrons. The van der Waals surface area contributed by atoms with E-state index in [1.807, 2.05) is 0 Å². The highest BCUT2D eigenvalue weighted by molar-refractivity contribution is 4.65. The zero-order chi connectivity index (χ0) is 16.0. The van der Waals surface area contributed by atoms with Gasteiger partial charge in [-0.2, -0.15) is 0 Å². The lowest BCUT2D eigenvalue weighted by molar-refractivity contribution is -0.911. The molecule has 0 aromatic carbocycles. The zero-order valence-corrected chi connectivity index (χ0v) is 17.9. The lowest BCUT2D eigenvalue weighted by Gasteiger charge is -2.29. The minimum absolute atomic E-state index is 0. The van der Waals surface area contributed by atoms with Gasteiger partial charge in [-0.15, -0.1) is 0 Å². The van der Waals surface area contributed by atoms with E-state index >= 15 is 0 Å². The maximum absolute atomic E-state index is 2.39. The van der Waals surface area contributed by atoms with Crippen LogP contribution < -0.4 is 21.9 Å². The number of halogens is 1. The van der Waals surface area contributed by atoms with Gasteiger partial charge in [0.2, 0.25) is 0 Å². The van der Waals surface area contributed by atoms with Crippen molar-refractivity contribution in [3.63, 3.8) is 0 Å². The van der Waals surface area contributed by atoms with Crippen LogP contribution in [0.25, 0.3) is 0 Å². The number of nitrogens with one attached hydrogen (secondary N) is 1. The lowest BCUT2D eigenvalue weighted by atomic mass is 9.95. The Labute approximate surface area is 152 Å². The summed E-state index contributed by atoms with van der Waals surface area (Å²) in [7, 11) is 4.56. The molecule has 0 spiro atoms. The van der Waals surface area contributed by atoms with Crippen molar-refractivity contribution in [1.82, 2.24) is 0 Å². The SMILES string of the molecule is CCCCCCCCCCCCCCCC(C)(C)[NH+](C)C.[Br-]. The van der Waals surface area contributed by atoms with Crippen LogP contribution >= 0.6 is 0 Å². The second-order valence-corrected chi connectivity index (χ2v) is 7.88. The van der Waals surface area contributed by atoms with Crippen molar-refractivity contribution in [2.45, 2.75) is 116 Å². The third kappa shape index (κ3) is 15.3. The molecule has 2 heteroatoms. The molecule has 0 atom stereocenters. The summed E-state index contributed by atoms with van der Waals surface area (Å²) in [6.45, 7) is 7.08. The van der Waals surface area contributed by atoms with Crippen molar-refractivity contribution in [3.8, 4) is 0 Å². The minimum Gasteiger partial charge on any atom is -1.00 e. The van der Waals surface area contributed by atoms with Crippen molar-refractivity contribution < 1.29 is 21.9 Å². The van der Waals surface area contributed by atoms with Crippen LogP contribution in [-0.4, -0.2) is 19.6 Å². The molecule has 0 aromatic heterocycles. The van der Waals surface area contributed by atoms with Crippen LogP contribution in [0.5, 0.6) is 0 Å². The first kappa shape index (κ1) is 24.7. The van der Waals surface area contributed by atoms with E-state index < -0.39 is 0 Å². The summed E-state index contributed by atoms with van der Waals surface area (Å²) >= 11 is 0. The summed E-state index contributed by atoms with van der Waals surface area (Å²) in [5.41, 5.74) is 0.456. The van der Waals surface area contributed by atoms with Crippen molar-refractivity contribution in [1.29, 1.82) is 0 Å². The van der Waals surface area contributed by atoms with E-state index in [1.165, 1.54) is 89.9 Å². The standard InChI is InChI=1S/C20H43N.BrH/c1-6-7-8-9-10-11-12-13-14-15-16-17-18-19-20(2,3)21(4)5;/h6-19H2,1-5H3;1H. The molecule has 0 heterocycles. The van der Waals surface area contributed by atoms with E-state index in [0.717, 1.165) is 0 Å². The quantitative estimate of drug-likeness (QED) is 0.418. The normalized spacial score (nSPS) is 11.7. The van der Waals surface area contributed by atoms with Gasteiger partial charge in [0, 0.05) is 6.42 Å². The Morgan fingerprint density at radius 3 is 1.23 bits per heavy atom. The molecule has 0 aromatic rings. The molecule has 1 N–H and O–H groups in total. The second kappa shape index (κ2) is 16.3. The molecule has 0 fully saturated rings. The molecule has 1 nitrogen and oxygen atoms in total. The summed E-state index contributed by atoms with van der Waals surface area (Å²) in [5, 5.41) is 0. The lowest BCUT2D eigenvalue weighted by Crippen LogP contribution is -3.14. The minimum atomic E-state index is 0. The van der Waals surface area contributed by atoms with E-state index in [1.54, 1.807) is 4.90 Å². The van der Waals surface area contributed by atoms with Crippen molar-refractivity contribution in [2.75, 3.05) is 14.1 Å². The number of hydrogen-bond acceptors (Lipinski definition) is 0. The maximum atomic E-state index is 2.39. The van der Waals surface area contributed by atoms with Crippen LogP contribution in [0.3, 0.4) is 0 Å². The second-order valence-electron chi connectivity index (χ2n) is 7.88. The number of quaternary nitrogens is 1. The zero-order valence-electron chi connectivity index (χ0n) is 16.3. The summed E-state index contributed by atoms with van der Waals surface area (Å²) in [6, 6.07) is 0. The average molecular weight is 378 g/mol. The number of unbranched alkanes of at least 4 members (excludes halogenated alkanes) is 12. The average Bonchev–Trinajstić information content (AvgIpc) is 2.43. The van der Waals surface area contributed by atoms with Gasteiger partial charge in [0.25, 0.3) is 0 Å². The monoisotopic (exact) mass is 377 g/mol. The van der Waals surface area contributed by atoms with Gasteiger partial charge in [-0.1, -0.05) is 84.0 Å². The molecule has 0 bridgehead atoms. The molecule has 0 saturated heterocycles. The van der Waals surface area contributed by atoms with Crippen LogP contribution in [0.1, 0.15) is 111 Å². The number of hydrogen-bond donors (Lipinski definition) is 1. The fraction of sp³-hybridized carbons (Fsp3) is 1.00. The Kier molecular flexibility index (Phi) is 18.3. The van der Waals surface area contributed by atoms with Crippen LogP contribution in [0.15, 0.2) is 0 Å².